The van der Waals surface area contributed by atoms with Gasteiger partial charge in [0.2, 0.25) is 23.6 Å². The van der Waals surface area contributed by atoms with E-state index in [0.717, 1.165) is 55.5 Å². The van der Waals surface area contributed by atoms with Gasteiger partial charge in [-0.2, -0.15) is 0 Å². The molecule has 0 radical (unpaired) electrons. The number of carbonyl (C=O) groups is 6. The number of carbonyl (C=O) groups excluding carboxylic acids is 6. The van der Waals surface area contributed by atoms with Gasteiger partial charge >= 0.3 is 0 Å². The predicted molar refractivity (Wildman–Crippen MR) is 447 cm³/mol. The lowest BCUT2D eigenvalue weighted by Crippen LogP contribution is -2.51. The number of hydrogen-bond acceptors (Lipinski definition) is 18. The molecular weight excluding hydrogens is 1520 g/mol. The first kappa shape index (κ1) is 82.1. The van der Waals surface area contributed by atoms with Gasteiger partial charge in [-0.3, -0.25) is 52.5 Å². The summed E-state index contributed by atoms with van der Waals surface area (Å²) in [6.07, 6.45) is 7.92. The van der Waals surface area contributed by atoms with E-state index in [1.54, 1.807) is 76.5 Å². The third-order valence-corrected chi connectivity index (χ3v) is 23.7. The van der Waals surface area contributed by atoms with E-state index in [2.05, 4.69) is 43.4 Å². The van der Waals surface area contributed by atoms with Crippen molar-refractivity contribution in [1.29, 1.82) is 0 Å². The summed E-state index contributed by atoms with van der Waals surface area (Å²) in [7, 11) is 7.56. The molecule has 6 aromatic carbocycles. The Labute approximate surface area is 681 Å². The summed E-state index contributed by atoms with van der Waals surface area (Å²) in [5.41, 5.74) is 7.55. The highest BCUT2D eigenvalue weighted by Crippen LogP contribution is 2.36. The summed E-state index contributed by atoms with van der Waals surface area (Å²) in [6, 6.07) is 36.6. The maximum atomic E-state index is 15.1. The zero-order valence-corrected chi connectivity index (χ0v) is 67.4. The number of benzene rings is 6. The van der Waals surface area contributed by atoms with E-state index in [4.69, 9.17) is 42.6 Å². The molecule has 0 aliphatic carbocycles. The first-order chi connectivity index (χ1) is 55.9. The fraction of sp³-hybridized carbons (Fsp3) is 0.409. The molecule has 2 saturated heterocycles. The van der Waals surface area contributed by atoms with Gasteiger partial charge in [-0.15, -0.1) is 0 Å². The standard InChI is InChI=1S/C88H98Cl2N14O12/c1-99(2)33-23-77(105)95-63-17-21-68-72(47-63)93-53-103(85(68)111)51-87(113)27-35-101(36-28-87)83(109)61(13-7-31-91-81(107)59-16-20-66-74(45-59)97-71-26-40-115-49-70(71)80(66)90)43-55-9-5-11-57(41-55)58-12-6-10-56(42-58)44-62(14-8-32-92-82(108)60-15-19-65-75(46-60)98-76-50-116-39-25-67(76)79(65)89)84(110)102-37-29-88(114,30-38-102)52-104-54-94-73-48-64(18-22-69(73)86(104)112)96-78(106)24-34-100(3)4/h5-6,9-12,15-22,41-42,45-48,53-54,61-62,113-114H,7-8,13-14,23-40,43-44,49-52H2,1-4H3,(H,91,107)(H,92,108)(H,95,105)(H,96,106). The Morgan fingerprint density at radius 3 is 1.43 bits per heavy atom. The number of pyridine rings is 2. The minimum Gasteiger partial charge on any atom is -0.388 e. The Kier molecular flexibility index (Phi) is 25.8. The van der Waals surface area contributed by atoms with Gasteiger partial charge in [0.05, 0.1) is 118 Å². The van der Waals surface area contributed by atoms with Crippen LogP contribution in [0.25, 0.3) is 54.7 Å². The van der Waals surface area contributed by atoms with E-state index in [-0.39, 0.29) is 125 Å². The molecule has 2 fully saturated rings. The van der Waals surface area contributed by atoms with Crippen LogP contribution in [0.2, 0.25) is 10.0 Å². The zero-order valence-electron chi connectivity index (χ0n) is 65.9. The number of piperidine rings is 2. The van der Waals surface area contributed by atoms with Gasteiger partial charge in [0, 0.05) is 122 Å². The quantitative estimate of drug-likeness (QED) is 0.0237. The van der Waals surface area contributed by atoms with Crippen molar-refractivity contribution in [2.24, 2.45) is 11.8 Å². The van der Waals surface area contributed by atoms with Gasteiger partial charge < -0.3 is 60.6 Å². The van der Waals surface area contributed by atoms with Gasteiger partial charge in [-0.25, -0.2) is 15.0 Å². The third kappa shape index (κ3) is 19.6. The van der Waals surface area contributed by atoms with Gasteiger partial charge in [0.15, 0.2) is 0 Å². The molecule has 6 N–H and O–H groups in total. The van der Waals surface area contributed by atoms with Crippen molar-refractivity contribution in [1.82, 2.24) is 59.3 Å². The molecule has 4 aliphatic rings. The number of fused-ring (bicyclic) bond motifs is 6. The molecule has 6 amide bonds. The van der Waals surface area contributed by atoms with Crippen LogP contribution in [0, 0.1) is 11.8 Å². The normalized spacial score (nSPS) is 15.8. The monoisotopic (exact) mass is 1610 g/mol. The summed E-state index contributed by atoms with van der Waals surface area (Å²) >= 11 is 13.7. The highest BCUT2D eigenvalue weighted by molar-refractivity contribution is 6.37. The van der Waals surface area contributed by atoms with E-state index in [1.807, 2.05) is 80.5 Å². The molecule has 0 bridgehead atoms. The maximum absolute atomic E-state index is 15.1. The predicted octanol–water partition coefficient (Wildman–Crippen LogP) is 9.95. The lowest BCUT2D eigenvalue weighted by atomic mass is 9.87. The molecule has 26 nitrogen and oxygen atoms in total. The average molecular weight is 1610 g/mol. The molecule has 0 spiro atoms. The summed E-state index contributed by atoms with van der Waals surface area (Å²) in [4.78, 5) is 137. The Hall–Kier alpha value is -10.4. The number of hydrogen-bond donors (Lipinski definition) is 6. The number of nitrogens with zero attached hydrogens (tertiary/aromatic N) is 10. The average Bonchev–Trinajstić information content (AvgIpc) is 0.764. The number of aliphatic hydroxyl groups is 2. The molecule has 2 unspecified atom stereocenters. The lowest BCUT2D eigenvalue weighted by molar-refractivity contribution is -0.141. The second kappa shape index (κ2) is 36.4. The van der Waals surface area contributed by atoms with Crippen molar-refractivity contribution in [3.05, 3.63) is 210 Å². The third-order valence-electron chi connectivity index (χ3n) is 22.8. The molecule has 4 aromatic heterocycles. The molecule has 4 aliphatic heterocycles. The van der Waals surface area contributed by atoms with Crippen LogP contribution in [-0.4, -0.2) is 199 Å². The largest absolute Gasteiger partial charge is 0.388 e. The van der Waals surface area contributed by atoms with Crippen LogP contribution in [0.5, 0.6) is 0 Å². The van der Waals surface area contributed by atoms with Gasteiger partial charge in [0.1, 0.15) is 0 Å². The van der Waals surface area contributed by atoms with Crippen molar-refractivity contribution in [3.8, 4) is 11.1 Å². The summed E-state index contributed by atoms with van der Waals surface area (Å²) in [5, 5.41) is 39.5. The second-order valence-electron chi connectivity index (χ2n) is 31.9. The number of anilines is 2. The Morgan fingerprint density at radius 2 is 0.957 bits per heavy atom. The van der Waals surface area contributed by atoms with Crippen LogP contribution in [-0.2, 0) is 80.6 Å². The number of amides is 6. The van der Waals surface area contributed by atoms with Crippen LogP contribution in [0.1, 0.15) is 119 Å². The van der Waals surface area contributed by atoms with E-state index in [0.29, 0.717) is 169 Å². The van der Waals surface area contributed by atoms with Gasteiger partial charge in [-0.05, 0) is 187 Å². The molecule has 8 heterocycles. The summed E-state index contributed by atoms with van der Waals surface area (Å²) in [6.45, 7) is 4.33. The fourth-order valence-corrected chi connectivity index (χ4v) is 16.8. The van der Waals surface area contributed by atoms with Crippen molar-refractivity contribution < 1.29 is 48.5 Å². The summed E-state index contributed by atoms with van der Waals surface area (Å²) < 4.78 is 14.1. The maximum Gasteiger partial charge on any atom is 0.261 e. The van der Waals surface area contributed by atoms with Crippen molar-refractivity contribution >= 4 is 114 Å². The number of ether oxygens (including phenoxy) is 2. The number of nitrogens with one attached hydrogen (secondary N) is 4. The molecule has 28 heteroatoms. The van der Waals surface area contributed by atoms with Crippen molar-refractivity contribution in [2.45, 2.75) is 127 Å². The number of rotatable bonds is 29. The first-order valence-electron chi connectivity index (χ1n) is 39.9. The van der Waals surface area contributed by atoms with E-state index in [9.17, 15) is 39.0 Å². The molecule has 10 aromatic rings. The summed E-state index contributed by atoms with van der Waals surface area (Å²) in [5.74, 6) is -2.20. The smallest absolute Gasteiger partial charge is 0.261 e. The highest BCUT2D eigenvalue weighted by Gasteiger charge is 2.39. The SMILES string of the molecule is CN(C)CCC(=O)Nc1ccc2c(=O)n(CC3(O)CCN(C(=O)C(CCCNC(=O)c4ccc5c(Cl)c6c(nc5c4)COCC6)Cc4cccc(-c5cccc(CC(CCCNC(=O)c6ccc7c(Cl)c8c(nc7c6)CCOC8)C(=O)N6CCC(O)(Cn7cnc8cc(NC(=O)CCN(C)C)ccc8c7=O)CC6)c5)c4)CC3)cnc2c1. The highest BCUT2D eigenvalue weighted by atomic mass is 35.5. The van der Waals surface area contributed by atoms with Gasteiger partial charge in [-0.1, -0.05) is 83.9 Å². The number of halogens is 2. The molecule has 116 heavy (non-hydrogen) atoms. The second-order valence-corrected chi connectivity index (χ2v) is 32.6. The van der Waals surface area contributed by atoms with E-state index in [1.165, 1.54) is 21.8 Å². The molecule has 606 valence electrons. The molecular formula is C88H98Cl2N14O12. The minimum absolute atomic E-state index is 0.0428. The Balaban J connectivity index is 0.664. The molecule has 0 saturated carbocycles. The molecule has 2 atom stereocenters. The Morgan fingerprint density at radius 1 is 0.517 bits per heavy atom. The zero-order chi connectivity index (χ0) is 81.4. The van der Waals surface area contributed by atoms with Crippen molar-refractivity contribution in [2.75, 3.05) is 104 Å². The first-order valence-corrected chi connectivity index (χ1v) is 40.7. The number of likely N-dealkylation sites (tertiary alicyclic amines) is 2. The van der Waals surface area contributed by atoms with Crippen molar-refractivity contribution in [3.63, 3.8) is 0 Å². The van der Waals surface area contributed by atoms with Crippen LogP contribution < -0.4 is 32.4 Å². The Bertz CT molecular complexity index is 5190. The minimum atomic E-state index is -1.34. The topological polar surface area (TPSA) is 318 Å². The van der Waals surface area contributed by atoms with E-state index < -0.39 is 23.0 Å². The number of aromatic nitrogens is 6. The van der Waals surface area contributed by atoms with Crippen LogP contribution in [0.3, 0.4) is 0 Å². The van der Waals surface area contributed by atoms with Crippen LogP contribution in [0.4, 0.5) is 11.4 Å². The fourth-order valence-electron chi connectivity index (χ4n) is 16.1. The lowest BCUT2D eigenvalue weighted by Gasteiger charge is -2.39. The van der Waals surface area contributed by atoms with Crippen LogP contribution >= 0.6 is 23.2 Å². The van der Waals surface area contributed by atoms with Crippen LogP contribution in [0.15, 0.2) is 144 Å². The van der Waals surface area contributed by atoms with Gasteiger partial charge in [0.25, 0.3) is 22.9 Å². The molecule has 14 rings (SSSR count). The van der Waals surface area contributed by atoms with E-state index >= 15 is 9.59 Å².